The number of allylic oxidation sites excluding steroid dienone is 6. The molecule has 1 aliphatic carbocycles. The van der Waals surface area contributed by atoms with Crippen molar-refractivity contribution in [3.63, 3.8) is 0 Å². The lowest BCUT2D eigenvalue weighted by atomic mass is 9.75. The number of ether oxygens (including phenoxy) is 4. The molecular formula is C52H79N5O11. The third-order valence-corrected chi connectivity index (χ3v) is 15.2. The van der Waals surface area contributed by atoms with E-state index in [1.54, 1.807) is 52.1 Å². The Morgan fingerprint density at radius 3 is 2.35 bits per heavy atom. The second-order valence-corrected chi connectivity index (χ2v) is 20.5. The van der Waals surface area contributed by atoms with Crippen LogP contribution in [0.15, 0.2) is 53.9 Å². The van der Waals surface area contributed by atoms with Gasteiger partial charge >= 0.3 is 5.97 Å². The van der Waals surface area contributed by atoms with Crippen LogP contribution in [-0.4, -0.2) is 128 Å². The number of aromatic nitrogens is 4. The zero-order valence-corrected chi connectivity index (χ0v) is 42.0. The molecule has 0 aromatic carbocycles. The molecule has 2 N–H and O–H groups in total. The first-order chi connectivity index (χ1) is 32.3. The van der Waals surface area contributed by atoms with Gasteiger partial charge in [-0.05, 0) is 117 Å². The van der Waals surface area contributed by atoms with Gasteiger partial charge in [0.25, 0.3) is 11.7 Å². The summed E-state index contributed by atoms with van der Waals surface area (Å²) >= 11 is 0. The van der Waals surface area contributed by atoms with E-state index in [1.807, 2.05) is 58.1 Å². The highest BCUT2D eigenvalue weighted by Gasteiger charge is 2.53. The first-order valence-corrected chi connectivity index (χ1v) is 25.0. The van der Waals surface area contributed by atoms with E-state index in [-0.39, 0.29) is 73.1 Å². The second kappa shape index (κ2) is 25.6. The molecule has 1 aromatic rings. The summed E-state index contributed by atoms with van der Waals surface area (Å²) in [5, 5.41) is 34.7. The van der Waals surface area contributed by atoms with Gasteiger partial charge in [0.15, 0.2) is 0 Å². The normalized spacial score (nSPS) is 38.0. The molecule has 4 heterocycles. The molecule has 2 bridgehead atoms. The molecule has 68 heavy (non-hydrogen) atoms. The van der Waals surface area contributed by atoms with E-state index in [2.05, 4.69) is 15.5 Å². The van der Waals surface area contributed by atoms with Crippen molar-refractivity contribution in [3.8, 4) is 0 Å². The summed E-state index contributed by atoms with van der Waals surface area (Å²) < 4.78 is 26.0. The average Bonchev–Trinajstić information content (AvgIpc) is 3.84. The van der Waals surface area contributed by atoms with Crippen LogP contribution < -0.4 is 0 Å². The molecule has 14 atom stereocenters. The summed E-state index contributed by atoms with van der Waals surface area (Å²) in [6.07, 6.45) is 16.1. The Morgan fingerprint density at radius 1 is 0.882 bits per heavy atom. The highest BCUT2D eigenvalue weighted by atomic mass is 16.6. The quantitative estimate of drug-likeness (QED) is 0.170. The third kappa shape index (κ3) is 14.7. The number of amides is 1. The second-order valence-electron chi connectivity index (χ2n) is 20.5. The van der Waals surface area contributed by atoms with Crippen LogP contribution in [0.5, 0.6) is 0 Å². The Hall–Kier alpha value is -4.22. The number of hydrogen-bond acceptors (Lipinski definition) is 14. The minimum absolute atomic E-state index is 0.0576. The van der Waals surface area contributed by atoms with Gasteiger partial charge in [-0.25, -0.2) is 9.48 Å². The average molecular weight is 950 g/mol. The van der Waals surface area contributed by atoms with Crippen molar-refractivity contribution in [2.75, 3.05) is 20.8 Å². The highest BCUT2D eigenvalue weighted by molar-refractivity contribution is 6.39. The highest BCUT2D eigenvalue weighted by Crippen LogP contribution is 2.39. The maximum atomic E-state index is 14.5. The van der Waals surface area contributed by atoms with Gasteiger partial charge in [0.1, 0.15) is 30.0 Å². The van der Waals surface area contributed by atoms with E-state index in [1.165, 1.54) is 4.90 Å². The van der Waals surface area contributed by atoms with Crippen LogP contribution in [-0.2, 0) is 49.5 Å². The van der Waals surface area contributed by atoms with Crippen molar-refractivity contribution >= 4 is 29.2 Å². The molecule has 0 spiro atoms. The lowest BCUT2D eigenvalue weighted by Gasteiger charge is -2.42. The monoisotopic (exact) mass is 950 g/mol. The fourth-order valence-electron chi connectivity index (χ4n) is 10.6. The molecular weight excluding hydrogens is 871 g/mol. The van der Waals surface area contributed by atoms with E-state index in [9.17, 15) is 34.2 Å². The standard InChI is InChI=1S/C52H79N5O11/c1-32-15-11-10-12-16-33(2)46(65-8)27-41-21-18-38(7)52(64,68-41)49(61)50(62)57-22-14-13-17-42(57)51(63)67-47(29-45(60)36(5)24-35(4)44(59)28-43(58)34(3)23-32)37(6)25-39-19-20-40(48(26-39)66-9)30-56-31-53-54-55-56/h10-12,15-16,24,31-32,34,36-42,44,46-48,59,64H,13-14,17-23,25-30H2,1-9H3/b12-10+,15-11+,33-16+,35-24+/t32-,34-,36-,37-,38-,39+,40-,41+,42+,44+,46+,47+,48-,52-/m1/s1. The number of Topliss-reactive ketones (excluding diaryl/α,β-unsaturated/α-hetero) is 3. The summed E-state index contributed by atoms with van der Waals surface area (Å²) in [4.78, 5) is 71.7. The van der Waals surface area contributed by atoms with Gasteiger partial charge in [-0.15, -0.1) is 5.10 Å². The third-order valence-electron chi connectivity index (χ3n) is 15.2. The molecule has 1 amide bonds. The Bertz CT molecular complexity index is 1980. The SMILES string of the molecule is CO[C@H]1C[C@@H]2CC[C@@H](C)[C@@](O)(O2)C(=O)C(=O)N2CCCC[C@H]2C(=O)O[C@H]([C@H](C)C[C@@H]2CC[C@H](Cn3cnnn3)[C@H](OC)C2)CC(=O)[C@H](C)/C=C(\C)[C@@H](O)CC(=O)[C@H](C)C[C@H](C)/C=C/C=C/C=C/1C. The van der Waals surface area contributed by atoms with Gasteiger partial charge in [-0.2, -0.15) is 0 Å². The Labute approximate surface area is 403 Å². The van der Waals surface area contributed by atoms with Crippen LogP contribution in [0.2, 0.25) is 0 Å². The summed E-state index contributed by atoms with van der Waals surface area (Å²) in [5.74, 6) is -7.04. The van der Waals surface area contributed by atoms with E-state index >= 15 is 0 Å². The lowest BCUT2D eigenvalue weighted by molar-refractivity contribution is -0.265. The van der Waals surface area contributed by atoms with Crippen molar-refractivity contribution in [1.82, 2.24) is 25.1 Å². The summed E-state index contributed by atoms with van der Waals surface area (Å²) in [5.41, 5.74) is 1.40. The van der Waals surface area contributed by atoms with Gasteiger partial charge in [-0.1, -0.05) is 71.1 Å². The Balaban J connectivity index is 1.42. The van der Waals surface area contributed by atoms with Gasteiger partial charge < -0.3 is 34.1 Å². The molecule has 2 saturated heterocycles. The molecule has 378 valence electrons. The number of tetrazole rings is 1. The summed E-state index contributed by atoms with van der Waals surface area (Å²) in [6.45, 7) is 13.6. The molecule has 0 unspecified atom stereocenters. The van der Waals surface area contributed by atoms with Crippen LogP contribution in [0.4, 0.5) is 0 Å². The largest absolute Gasteiger partial charge is 0.460 e. The van der Waals surface area contributed by atoms with Gasteiger partial charge in [0, 0.05) is 70.2 Å². The first-order valence-electron chi connectivity index (χ1n) is 25.0. The fourth-order valence-corrected chi connectivity index (χ4v) is 10.6. The van der Waals surface area contributed by atoms with Gasteiger partial charge in [0.2, 0.25) is 5.79 Å². The van der Waals surface area contributed by atoms with Crippen LogP contribution in [0.3, 0.4) is 0 Å². The van der Waals surface area contributed by atoms with Gasteiger partial charge in [-0.3, -0.25) is 19.2 Å². The molecule has 4 aliphatic rings. The lowest BCUT2D eigenvalue weighted by Crippen LogP contribution is -2.61. The predicted molar refractivity (Wildman–Crippen MR) is 254 cm³/mol. The number of cyclic esters (lactones) is 1. The molecule has 1 aromatic heterocycles. The van der Waals surface area contributed by atoms with Crippen molar-refractivity contribution in [3.05, 3.63) is 53.9 Å². The van der Waals surface area contributed by atoms with Crippen molar-refractivity contribution in [2.24, 2.45) is 41.4 Å². The van der Waals surface area contributed by atoms with Crippen molar-refractivity contribution < 1.29 is 53.1 Å². The molecule has 16 heteroatoms. The Kier molecular flexibility index (Phi) is 20.6. The number of aliphatic hydroxyl groups excluding tert-OH is 1. The topological polar surface area (TPSA) is 210 Å². The minimum Gasteiger partial charge on any atom is -0.460 e. The molecule has 16 nitrogen and oxygen atoms in total. The molecule has 5 rings (SSSR count). The van der Waals surface area contributed by atoms with Crippen LogP contribution in [0.1, 0.15) is 132 Å². The van der Waals surface area contributed by atoms with Crippen molar-refractivity contribution in [1.29, 1.82) is 0 Å². The van der Waals surface area contributed by atoms with Crippen LogP contribution in [0, 0.1) is 41.4 Å². The maximum absolute atomic E-state index is 14.5. The molecule has 3 fully saturated rings. The summed E-state index contributed by atoms with van der Waals surface area (Å²) in [6, 6.07) is -1.12. The number of nitrogens with zero attached hydrogens (tertiary/aromatic N) is 5. The van der Waals surface area contributed by atoms with Gasteiger partial charge in [0.05, 0.1) is 24.4 Å². The number of methoxy groups -OCH3 is 2. The predicted octanol–water partition coefficient (Wildman–Crippen LogP) is 6.50. The van der Waals surface area contributed by atoms with E-state index in [0.29, 0.717) is 57.1 Å². The number of ketones is 3. The number of fused-ring (bicyclic) bond motifs is 3. The fraction of sp³-hybridized carbons (Fsp3) is 0.731. The number of aliphatic hydroxyl groups is 2. The molecule has 0 radical (unpaired) electrons. The van der Waals surface area contributed by atoms with E-state index in [0.717, 1.165) is 24.8 Å². The molecule has 1 saturated carbocycles. The summed E-state index contributed by atoms with van der Waals surface area (Å²) in [7, 11) is 3.29. The minimum atomic E-state index is -2.42. The maximum Gasteiger partial charge on any atom is 0.329 e. The number of hydrogen-bond donors (Lipinski definition) is 2. The zero-order chi connectivity index (χ0) is 49.7. The van der Waals surface area contributed by atoms with E-state index < -0.39 is 65.7 Å². The number of rotatable bonds is 7. The number of carbonyl (C=O) groups excluding carboxylic acids is 5. The van der Waals surface area contributed by atoms with Crippen LogP contribution >= 0.6 is 0 Å². The van der Waals surface area contributed by atoms with Crippen LogP contribution in [0.25, 0.3) is 0 Å². The smallest absolute Gasteiger partial charge is 0.329 e. The van der Waals surface area contributed by atoms with Crippen molar-refractivity contribution in [2.45, 2.75) is 181 Å². The number of esters is 1. The number of piperidine rings is 1. The first kappa shape index (κ1) is 54.7. The Morgan fingerprint density at radius 2 is 1.65 bits per heavy atom. The van der Waals surface area contributed by atoms with E-state index in [4.69, 9.17) is 18.9 Å². The zero-order valence-electron chi connectivity index (χ0n) is 42.0. The number of carbonyl (C=O) groups is 5. The molecule has 3 aliphatic heterocycles.